The molecule has 0 aliphatic heterocycles. The van der Waals surface area contributed by atoms with Gasteiger partial charge in [-0.3, -0.25) is 0 Å². The first-order chi connectivity index (χ1) is 10.0. The van der Waals surface area contributed by atoms with E-state index in [9.17, 15) is 8.42 Å². The molecule has 0 spiro atoms. The van der Waals surface area contributed by atoms with Crippen molar-refractivity contribution in [3.05, 3.63) is 71.8 Å². The van der Waals surface area contributed by atoms with E-state index in [1.807, 2.05) is 36.4 Å². The standard InChI is InChI=1S/C17H19NO2S/c1-21(19,20)18-13-17(15-10-6-3-7-11-15)12-16(17)14-8-4-2-5-9-14/h2-11,16,18H,12-13H2,1H3/t16-,17-/m1/s1. The Hall–Kier alpha value is -1.65. The van der Waals surface area contributed by atoms with Crippen LogP contribution >= 0.6 is 0 Å². The number of rotatable bonds is 5. The van der Waals surface area contributed by atoms with E-state index < -0.39 is 10.0 Å². The van der Waals surface area contributed by atoms with Crippen molar-refractivity contribution in [1.82, 2.24) is 4.72 Å². The monoisotopic (exact) mass is 301 g/mol. The van der Waals surface area contributed by atoms with Crippen molar-refractivity contribution in [2.45, 2.75) is 17.8 Å². The van der Waals surface area contributed by atoms with Gasteiger partial charge < -0.3 is 0 Å². The van der Waals surface area contributed by atoms with Crippen LogP contribution in [0, 0.1) is 0 Å². The molecule has 0 saturated heterocycles. The van der Waals surface area contributed by atoms with Crippen molar-refractivity contribution in [3.63, 3.8) is 0 Å². The Bertz CT molecular complexity index is 713. The predicted molar refractivity (Wildman–Crippen MR) is 84.8 cm³/mol. The Morgan fingerprint density at radius 1 is 1.05 bits per heavy atom. The maximum absolute atomic E-state index is 11.5. The number of sulfonamides is 1. The van der Waals surface area contributed by atoms with Gasteiger partial charge in [-0.2, -0.15) is 0 Å². The minimum atomic E-state index is -3.18. The molecule has 110 valence electrons. The van der Waals surface area contributed by atoms with Crippen molar-refractivity contribution < 1.29 is 8.42 Å². The summed E-state index contributed by atoms with van der Waals surface area (Å²) in [5.41, 5.74) is 2.36. The van der Waals surface area contributed by atoms with E-state index in [2.05, 4.69) is 29.0 Å². The summed E-state index contributed by atoms with van der Waals surface area (Å²) in [7, 11) is -3.18. The quantitative estimate of drug-likeness (QED) is 0.923. The Morgan fingerprint density at radius 2 is 1.62 bits per heavy atom. The Labute approximate surface area is 126 Å². The van der Waals surface area contributed by atoms with Crippen LogP contribution < -0.4 is 4.72 Å². The molecule has 0 amide bonds. The normalized spacial score (nSPS) is 24.7. The molecule has 2 aromatic rings. The van der Waals surface area contributed by atoms with Gasteiger partial charge in [0.2, 0.25) is 10.0 Å². The van der Waals surface area contributed by atoms with Crippen LogP contribution in [0.2, 0.25) is 0 Å². The minimum Gasteiger partial charge on any atom is -0.215 e. The summed E-state index contributed by atoms with van der Waals surface area (Å²) in [6, 6.07) is 20.5. The largest absolute Gasteiger partial charge is 0.215 e. The van der Waals surface area contributed by atoms with Gasteiger partial charge in [0.05, 0.1) is 6.26 Å². The zero-order valence-corrected chi connectivity index (χ0v) is 12.8. The molecule has 3 rings (SSSR count). The van der Waals surface area contributed by atoms with Crippen LogP contribution in [0.25, 0.3) is 0 Å². The summed E-state index contributed by atoms with van der Waals surface area (Å²) in [5, 5.41) is 0. The zero-order chi connectivity index (χ0) is 14.9. The molecule has 0 aromatic heterocycles. The molecule has 1 saturated carbocycles. The lowest BCUT2D eigenvalue weighted by atomic mass is 9.91. The second kappa shape index (κ2) is 5.28. The summed E-state index contributed by atoms with van der Waals surface area (Å²) >= 11 is 0. The van der Waals surface area contributed by atoms with Gasteiger partial charge in [-0.25, -0.2) is 13.1 Å². The van der Waals surface area contributed by atoms with Gasteiger partial charge in [-0.15, -0.1) is 0 Å². The van der Waals surface area contributed by atoms with Gasteiger partial charge in [-0.05, 0) is 23.5 Å². The lowest BCUT2D eigenvalue weighted by Crippen LogP contribution is -2.32. The minimum absolute atomic E-state index is 0.119. The molecule has 1 aliphatic carbocycles. The van der Waals surface area contributed by atoms with Crippen molar-refractivity contribution >= 4 is 10.0 Å². The molecule has 1 fully saturated rings. The van der Waals surface area contributed by atoms with E-state index in [4.69, 9.17) is 0 Å². The topological polar surface area (TPSA) is 46.2 Å². The van der Waals surface area contributed by atoms with Crippen LogP contribution in [0.15, 0.2) is 60.7 Å². The van der Waals surface area contributed by atoms with Gasteiger partial charge in [0, 0.05) is 12.0 Å². The molecule has 3 nitrogen and oxygen atoms in total. The van der Waals surface area contributed by atoms with E-state index in [0.29, 0.717) is 12.5 Å². The van der Waals surface area contributed by atoms with Gasteiger partial charge in [-0.1, -0.05) is 60.7 Å². The van der Waals surface area contributed by atoms with Gasteiger partial charge in [0.25, 0.3) is 0 Å². The number of nitrogens with one attached hydrogen (secondary N) is 1. The molecule has 0 bridgehead atoms. The summed E-state index contributed by atoms with van der Waals surface area (Å²) < 4.78 is 25.6. The van der Waals surface area contributed by atoms with Gasteiger partial charge >= 0.3 is 0 Å². The molecular weight excluding hydrogens is 282 g/mol. The molecule has 0 radical (unpaired) electrons. The summed E-state index contributed by atoms with van der Waals surface area (Å²) in [5.74, 6) is 0.371. The fourth-order valence-electron chi connectivity index (χ4n) is 3.07. The highest BCUT2D eigenvalue weighted by molar-refractivity contribution is 7.88. The second-order valence-corrected chi connectivity index (χ2v) is 7.62. The van der Waals surface area contributed by atoms with Gasteiger partial charge in [0.1, 0.15) is 0 Å². The smallest absolute Gasteiger partial charge is 0.208 e. The first kappa shape index (κ1) is 14.3. The highest BCUT2D eigenvalue weighted by Crippen LogP contribution is 2.60. The molecule has 0 heterocycles. The lowest BCUT2D eigenvalue weighted by molar-refractivity contribution is 0.568. The van der Waals surface area contributed by atoms with Crippen molar-refractivity contribution in [2.24, 2.45) is 0 Å². The van der Waals surface area contributed by atoms with Crippen molar-refractivity contribution in [2.75, 3.05) is 12.8 Å². The van der Waals surface area contributed by atoms with Crippen LogP contribution in [0.5, 0.6) is 0 Å². The van der Waals surface area contributed by atoms with Crippen molar-refractivity contribution in [3.8, 4) is 0 Å². The average molecular weight is 301 g/mol. The number of hydrogen-bond acceptors (Lipinski definition) is 2. The predicted octanol–water partition coefficient (Wildman–Crippen LogP) is 2.66. The highest BCUT2D eigenvalue weighted by Gasteiger charge is 2.55. The Kier molecular flexibility index (Phi) is 3.59. The van der Waals surface area contributed by atoms with E-state index in [1.165, 1.54) is 17.4 Å². The molecule has 1 aliphatic rings. The van der Waals surface area contributed by atoms with Crippen molar-refractivity contribution in [1.29, 1.82) is 0 Å². The fourth-order valence-corrected chi connectivity index (χ4v) is 3.59. The van der Waals surface area contributed by atoms with E-state index >= 15 is 0 Å². The van der Waals surface area contributed by atoms with Crippen LogP contribution in [0.1, 0.15) is 23.5 Å². The molecular formula is C17H19NO2S. The van der Waals surface area contributed by atoms with E-state index in [-0.39, 0.29) is 5.41 Å². The summed E-state index contributed by atoms with van der Waals surface area (Å²) in [6.07, 6.45) is 2.19. The third kappa shape index (κ3) is 3.01. The second-order valence-electron chi connectivity index (χ2n) is 5.78. The third-order valence-corrected chi connectivity index (χ3v) is 4.94. The SMILES string of the molecule is CS(=O)(=O)NC[C@@]1(c2ccccc2)C[C@@H]1c1ccccc1. The molecule has 2 aromatic carbocycles. The first-order valence-electron chi connectivity index (χ1n) is 7.06. The van der Waals surface area contributed by atoms with Crippen LogP contribution in [-0.2, 0) is 15.4 Å². The zero-order valence-electron chi connectivity index (χ0n) is 12.0. The molecule has 21 heavy (non-hydrogen) atoms. The fraction of sp³-hybridized carbons (Fsp3) is 0.294. The number of hydrogen-bond donors (Lipinski definition) is 1. The lowest BCUT2D eigenvalue weighted by Gasteiger charge is -2.18. The van der Waals surface area contributed by atoms with Crippen LogP contribution in [0.4, 0.5) is 0 Å². The molecule has 1 N–H and O–H groups in total. The molecule has 2 atom stereocenters. The Balaban J connectivity index is 1.91. The maximum Gasteiger partial charge on any atom is 0.208 e. The first-order valence-corrected chi connectivity index (χ1v) is 8.95. The Morgan fingerprint density at radius 3 is 2.19 bits per heavy atom. The molecule has 0 unspecified atom stereocenters. The van der Waals surface area contributed by atoms with Gasteiger partial charge in [0.15, 0.2) is 0 Å². The van der Waals surface area contributed by atoms with Crippen LogP contribution in [-0.4, -0.2) is 21.2 Å². The average Bonchev–Trinajstić information content (AvgIpc) is 3.23. The molecule has 4 heteroatoms. The highest BCUT2D eigenvalue weighted by atomic mass is 32.2. The maximum atomic E-state index is 11.5. The number of benzene rings is 2. The van der Waals surface area contributed by atoms with E-state index in [0.717, 1.165) is 6.42 Å². The van der Waals surface area contributed by atoms with E-state index in [1.54, 1.807) is 0 Å². The van der Waals surface area contributed by atoms with Crippen LogP contribution in [0.3, 0.4) is 0 Å². The summed E-state index contributed by atoms with van der Waals surface area (Å²) in [4.78, 5) is 0. The third-order valence-electron chi connectivity index (χ3n) is 4.28. The summed E-state index contributed by atoms with van der Waals surface area (Å²) in [6.45, 7) is 0.454.